The summed E-state index contributed by atoms with van der Waals surface area (Å²) in [7, 11) is 1.95. The van der Waals surface area contributed by atoms with E-state index >= 15 is 0 Å². The number of nitrogens with one attached hydrogen (secondary N) is 1. The lowest BCUT2D eigenvalue weighted by Gasteiger charge is -2.15. The number of hydrogen-bond acceptors (Lipinski definition) is 4. The topological polar surface area (TPSA) is 51.0 Å². The number of furan rings is 1. The van der Waals surface area contributed by atoms with Gasteiger partial charge in [-0.1, -0.05) is 6.07 Å². The first-order valence-corrected chi connectivity index (χ1v) is 6.27. The van der Waals surface area contributed by atoms with E-state index in [-0.39, 0.29) is 6.04 Å². The number of rotatable bonds is 4. The van der Waals surface area contributed by atoms with Crippen molar-refractivity contribution in [2.75, 3.05) is 7.05 Å². The van der Waals surface area contributed by atoms with Gasteiger partial charge in [-0.2, -0.15) is 0 Å². The van der Waals surface area contributed by atoms with E-state index in [1.165, 1.54) is 5.56 Å². The molecule has 1 atom stereocenters. The van der Waals surface area contributed by atoms with E-state index in [1.54, 1.807) is 18.7 Å². The molecule has 1 unspecified atom stereocenters. The van der Waals surface area contributed by atoms with Gasteiger partial charge in [0.15, 0.2) is 0 Å². The van der Waals surface area contributed by atoms with Crippen molar-refractivity contribution in [3.05, 3.63) is 60.3 Å². The molecule has 0 amide bonds. The average Bonchev–Trinajstić information content (AvgIpc) is 2.97. The third-order valence-electron chi connectivity index (χ3n) is 3.23. The summed E-state index contributed by atoms with van der Waals surface area (Å²) in [6.07, 6.45) is 5.94. The number of aromatic nitrogens is 2. The Balaban J connectivity index is 1.92. The third kappa shape index (κ3) is 2.48. The maximum atomic E-state index is 5.41. The quantitative estimate of drug-likeness (QED) is 0.776. The standard InChI is InChI=1S/C15H15N3O/c1-16-14(10-12-3-2-8-19-12)11-4-5-13-15(9-11)18-7-6-17-13/h2-9,14,16H,10H2,1H3. The minimum atomic E-state index is 0.206. The molecule has 0 saturated heterocycles. The molecule has 1 N–H and O–H groups in total. The fraction of sp³-hybridized carbons (Fsp3) is 0.200. The fourth-order valence-electron chi connectivity index (χ4n) is 2.21. The number of hydrogen-bond donors (Lipinski definition) is 1. The maximum absolute atomic E-state index is 5.41. The van der Waals surface area contributed by atoms with Crippen LogP contribution in [0.3, 0.4) is 0 Å². The fourth-order valence-corrected chi connectivity index (χ4v) is 2.21. The van der Waals surface area contributed by atoms with Gasteiger partial charge in [0.05, 0.1) is 17.3 Å². The van der Waals surface area contributed by atoms with Crippen LogP contribution in [0.4, 0.5) is 0 Å². The molecule has 0 radical (unpaired) electrons. The van der Waals surface area contributed by atoms with Gasteiger partial charge in [0.1, 0.15) is 5.76 Å². The molecule has 19 heavy (non-hydrogen) atoms. The largest absolute Gasteiger partial charge is 0.469 e. The summed E-state index contributed by atoms with van der Waals surface area (Å²) in [5.74, 6) is 0.971. The molecule has 0 spiro atoms. The van der Waals surface area contributed by atoms with Gasteiger partial charge >= 0.3 is 0 Å². The maximum Gasteiger partial charge on any atom is 0.105 e. The van der Waals surface area contributed by atoms with Gasteiger partial charge in [0.2, 0.25) is 0 Å². The molecule has 0 fully saturated rings. The van der Waals surface area contributed by atoms with Gasteiger partial charge in [0, 0.05) is 24.9 Å². The van der Waals surface area contributed by atoms with Crippen LogP contribution in [0, 0.1) is 0 Å². The Morgan fingerprint density at radius 1 is 1.16 bits per heavy atom. The van der Waals surface area contributed by atoms with Crippen molar-refractivity contribution in [3.63, 3.8) is 0 Å². The van der Waals surface area contributed by atoms with Crippen molar-refractivity contribution in [2.24, 2.45) is 0 Å². The first kappa shape index (κ1) is 11.9. The Bertz CT molecular complexity index is 664. The number of nitrogens with zero attached hydrogens (tertiary/aromatic N) is 2. The summed E-state index contributed by atoms with van der Waals surface area (Å²) in [5, 5.41) is 3.31. The molecule has 0 aliphatic heterocycles. The molecule has 4 heteroatoms. The highest BCUT2D eigenvalue weighted by Crippen LogP contribution is 2.21. The second-order valence-corrected chi connectivity index (χ2v) is 4.43. The first-order valence-electron chi connectivity index (χ1n) is 6.27. The van der Waals surface area contributed by atoms with Crippen LogP contribution in [0.1, 0.15) is 17.4 Å². The Labute approximate surface area is 111 Å². The molecule has 96 valence electrons. The van der Waals surface area contributed by atoms with E-state index in [1.807, 2.05) is 25.2 Å². The van der Waals surface area contributed by atoms with E-state index < -0.39 is 0 Å². The summed E-state index contributed by atoms with van der Waals surface area (Å²) in [4.78, 5) is 8.62. The van der Waals surface area contributed by atoms with E-state index in [0.717, 1.165) is 23.2 Å². The molecule has 4 nitrogen and oxygen atoms in total. The lowest BCUT2D eigenvalue weighted by molar-refractivity contribution is 0.466. The van der Waals surface area contributed by atoms with Crippen LogP contribution < -0.4 is 5.32 Å². The zero-order chi connectivity index (χ0) is 13.1. The number of fused-ring (bicyclic) bond motifs is 1. The molecule has 2 aromatic heterocycles. The van der Waals surface area contributed by atoms with Crippen LogP contribution in [-0.4, -0.2) is 17.0 Å². The molecule has 0 saturated carbocycles. The van der Waals surface area contributed by atoms with Gasteiger partial charge in [0.25, 0.3) is 0 Å². The second-order valence-electron chi connectivity index (χ2n) is 4.43. The van der Waals surface area contributed by atoms with E-state index in [9.17, 15) is 0 Å². The van der Waals surface area contributed by atoms with Gasteiger partial charge in [-0.3, -0.25) is 9.97 Å². The predicted molar refractivity (Wildman–Crippen MR) is 73.8 cm³/mol. The van der Waals surface area contributed by atoms with Crippen LogP contribution in [0.2, 0.25) is 0 Å². The molecule has 3 aromatic rings. The van der Waals surface area contributed by atoms with Crippen molar-refractivity contribution in [3.8, 4) is 0 Å². The van der Waals surface area contributed by atoms with Crippen LogP contribution >= 0.6 is 0 Å². The number of likely N-dealkylation sites (N-methyl/N-ethyl adjacent to an activating group) is 1. The lowest BCUT2D eigenvalue weighted by Crippen LogP contribution is -2.18. The Morgan fingerprint density at radius 2 is 2.00 bits per heavy atom. The van der Waals surface area contributed by atoms with E-state index in [0.29, 0.717) is 0 Å². The minimum Gasteiger partial charge on any atom is -0.469 e. The minimum absolute atomic E-state index is 0.206. The van der Waals surface area contributed by atoms with Gasteiger partial charge < -0.3 is 9.73 Å². The summed E-state index contributed by atoms with van der Waals surface area (Å²) >= 11 is 0. The summed E-state index contributed by atoms with van der Waals surface area (Å²) in [6.45, 7) is 0. The van der Waals surface area contributed by atoms with Crippen LogP contribution in [0.25, 0.3) is 11.0 Å². The molecule has 1 aromatic carbocycles. The van der Waals surface area contributed by atoms with Crippen molar-refractivity contribution in [1.29, 1.82) is 0 Å². The van der Waals surface area contributed by atoms with E-state index in [4.69, 9.17) is 4.42 Å². The van der Waals surface area contributed by atoms with Gasteiger partial charge in [-0.05, 0) is 36.9 Å². The van der Waals surface area contributed by atoms with Crippen LogP contribution in [0.5, 0.6) is 0 Å². The monoisotopic (exact) mass is 253 g/mol. The molecule has 3 rings (SSSR count). The Hall–Kier alpha value is -2.20. The lowest BCUT2D eigenvalue weighted by atomic mass is 10.0. The van der Waals surface area contributed by atoms with Crippen LogP contribution in [0.15, 0.2) is 53.4 Å². The van der Waals surface area contributed by atoms with Crippen LogP contribution in [-0.2, 0) is 6.42 Å². The average molecular weight is 253 g/mol. The summed E-state index contributed by atoms with van der Waals surface area (Å²) in [5.41, 5.74) is 3.02. The van der Waals surface area contributed by atoms with E-state index in [2.05, 4.69) is 27.4 Å². The summed E-state index contributed by atoms with van der Waals surface area (Å²) in [6, 6.07) is 10.3. The molecular weight excluding hydrogens is 238 g/mol. The highest BCUT2D eigenvalue weighted by Gasteiger charge is 2.12. The van der Waals surface area contributed by atoms with Gasteiger partial charge in [-0.25, -0.2) is 0 Å². The second kappa shape index (κ2) is 5.20. The van der Waals surface area contributed by atoms with Crippen molar-refractivity contribution < 1.29 is 4.42 Å². The number of benzene rings is 1. The van der Waals surface area contributed by atoms with Crippen molar-refractivity contribution in [2.45, 2.75) is 12.5 Å². The van der Waals surface area contributed by atoms with Crippen molar-refractivity contribution >= 4 is 11.0 Å². The summed E-state index contributed by atoms with van der Waals surface area (Å²) < 4.78 is 5.41. The SMILES string of the molecule is CNC(Cc1ccco1)c1ccc2nccnc2c1. The highest BCUT2D eigenvalue weighted by molar-refractivity contribution is 5.74. The zero-order valence-electron chi connectivity index (χ0n) is 10.7. The molecular formula is C15H15N3O. The molecule has 0 bridgehead atoms. The molecule has 0 aliphatic carbocycles. The normalized spacial score (nSPS) is 12.7. The predicted octanol–water partition coefficient (Wildman–Crippen LogP) is 2.73. The van der Waals surface area contributed by atoms with Gasteiger partial charge in [-0.15, -0.1) is 0 Å². The Morgan fingerprint density at radius 3 is 2.74 bits per heavy atom. The molecule has 2 heterocycles. The zero-order valence-corrected chi connectivity index (χ0v) is 10.7. The van der Waals surface area contributed by atoms with Crippen molar-refractivity contribution in [1.82, 2.24) is 15.3 Å². The highest BCUT2D eigenvalue weighted by atomic mass is 16.3. The smallest absolute Gasteiger partial charge is 0.105 e. The Kier molecular flexibility index (Phi) is 3.25. The molecule has 0 aliphatic rings. The first-order chi connectivity index (χ1) is 9.36. The third-order valence-corrected chi connectivity index (χ3v) is 3.23.